The van der Waals surface area contributed by atoms with Gasteiger partial charge in [-0.05, 0) is 72.9 Å². The monoisotopic (exact) mass is 341 g/mol. The molecule has 1 N–H and O–H groups in total. The van der Waals surface area contributed by atoms with Crippen LogP contribution in [0.15, 0.2) is 30.3 Å². The van der Waals surface area contributed by atoms with E-state index in [0.717, 1.165) is 23.3 Å². The number of carbonyl (C=O) groups excluding carboxylic acids is 1. The lowest BCUT2D eigenvalue weighted by atomic mass is 9.75. The molecule has 0 aromatic heterocycles. The van der Waals surface area contributed by atoms with Gasteiger partial charge in [0.1, 0.15) is 6.61 Å². The average molecular weight is 341 g/mol. The average Bonchev–Trinajstić information content (AvgIpc) is 3.04. The molecule has 2 aliphatic carbocycles. The van der Waals surface area contributed by atoms with Crippen molar-refractivity contribution in [3.8, 4) is 0 Å². The van der Waals surface area contributed by atoms with Gasteiger partial charge in [-0.2, -0.15) is 0 Å². The van der Waals surface area contributed by atoms with E-state index in [-0.39, 0.29) is 11.4 Å². The molecule has 3 nitrogen and oxygen atoms in total. The van der Waals surface area contributed by atoms with Crippen molar-refractivity contribution < 1.29 is 9.53 Å². The van der Waals surface area contributed by atoms with Crippen LogP contribution in [-0.2, 0) is 16.1 Å². The summed E-state index contributed by atoms with van der Waals surface area (Å²) in [6.45, 7) is 7.55. The van der Waals surface area contributed by atoms with Crippen molar-refractivity contribution in [3.63, 3.8) is 0 Å². The maximum Gasteiger partial charge on any atom is 0.306 e. The molecule has 1 heterocycles. The van der Waals surface area contributed by atoms with Crippen molar-refractivity contribution in [2.75, 3.05) is 13.1 Å². The van der Waals surface area contributed by atoms with E-state index in [2.05, 4.69) is 19.2 Å². The Kier molecular flexibility index (Phi) is 4.39. The molecule has 0 bridgehead atoms. The lowest BCUT2D eigenvalue weighted by molar-refractivity contribution is -0.147. The van der Waals surface area contributed by atoms with Crippen molar-refractivity contribution in [2.24, 2.45) is 28.6 Å². The molecule has 1 aromatic carbocycles. The molecule has 0 radical (unpaired) electrons. The SMILES string of the molecule is CC1(CC(=O)OCc2ccccc2)CC2C(C3CCCNC3)C2(C)C1. The van der Waals surface area contributed by atoms with Crippen LogP contribution in [-0.4, -0.2) is 19.1 Å². The quantitative estimate of drug-likeness (QED) is 0.817. The van der Waals surface area contributed by atoms with E-state index in [0.29, 0.717) is 18.4 Å². The Morgan fingerprint density at radius 3 is 2.72 bits per heavy atom. The van der Waals surface area contributed by atoms with Crippen molar-refractivity contribution in [1.82, 2.24) is 5.32 Å². The van der Waals surface area contributed by atoms with Gasteiger partial charge in [0, 0.05) is 0 Å². The maximum atomic E-state index is 12.4. The van der Waals surface area contributed by atoms with Crippen LogP contribution in [0.5, 0.6) is 0 Å². The zero-order valence-corrected chi connectivity index (χ0v) is 15.6. The number of hydrogen-bond acceptors (Lipinski definition) is 3. The fourth-order valence-corrected chi connectivity index (χ4v) is 6.16. The van der Waals surface area contributed by atoms with Crippen LogP contribution in [0.2, 0.25) is 0 Å². The van der Waals surface area contributed by atoms with Gasteiger partial charge >= 0.3 is 5.97 Å². The smallest absolute Gasteiger partial charge is 0.306 e. The zero-order chi connectivity index (χ0) is 17.5. The second kappa shape index (κ2) is 6.42. The molecule has 1 saturated heterocycles. The van der Waals surface area contributed by atoms with E-state index in [1.165, 1.54) is 38.8 Å². The first-order valence-corrected chi connectivity index (χ1v) is 9.90. The van der Waals surface area contributed by atoms with E-state index in [4.69, 9.17) is 4.74 Å². The lowest BCUT2D eigenvalue weighted by Crippen LogP contribution is -2.33. The fourth-order valence-electron chi connectivity index (χ4n) is 6.16. The summed E-state index contributed by atoms with van der Waals surface area (Å²) >= 11 is 0. The van der Waals surface area contributed by atoms with Gasteiger partial charge in [-0.3, -0.25) is 4.79 Å². The second-order valence-electron chi connectivity index (χ2n) is 9.26. The normalized spacial score (nSPS) is 39.7. The molecular weight excluding hydrogens is 310 g/mol. The Bertz CT molecular complexity index is 624. The number of carbonyl (C=O) groups is 1. The van der Waals surface area contributed by atoms with Gasteiger partial charge < -0.3 is 10.1 Å². The molecule has 0 amide bonds. The highest BCUT2D eigenvalue weighted by Crippen LogP contribution is 2.76. The molecule has 25 heavy (non-hydrogen) atoms. The summed E-state index contributed by atoms with van der Waals surface area (Å²) in [5.74, 6) is 2.53. The van der Waals surface area contributed by atoms with Crippen LogP contribution in [0.25, 0.3) is 0 Å². The summed E-state index contributed by atoms with van der Waals surface area (Å²) < 4.78 is 5.53. The minimum atomic E-state index is -0.0351. The maximum absolute atomic E-state index is 12.4. The number of piperidine rings is 1. The summed E-state index contributed by atoms with van der Waals surface area (Å²) in [5.41, 5.74) is 1.66. The van der Waals surface area contributed by atoms with Crippen LogP contribution in [0.4, 0.5) is 0 Å². The molecule has 5 unspecified atom stereocenters. The van der Waals surface area contributed by atoms with E-state index < -0.39 is 0 Å². The summed E-state index contributed by atoms with van der Waals surface area (Å²) in [5, 5.41) is 3.57. The minimum absolute atomic E-state index is 0.0351. The molecule has 0 spiro atoms. The van der Waals surface area contributed by atoms with Gasteiger partial charge in [-0.25, -0.2) is 0 Å². The van der Waals surface area contributed by atoms with E-state index in [1.54, 1.807) is 0 Å². The highest BCUT2D eigenvalue weighted by molar-refractivity contribution is 5.70. The molecule has 4 rings (SSSR count). The predicted molar refractivity (Wildman–Crippen MR) is 98.9 cm³/mol. The Balaban J connectivity index is 1.29. The Morgan fingerprint density at radius 2 is 2.08 bits per heavy atom. The second-order valence-corrected chi connectivity index (χ2v) is 9.26. The topological polar surface area (TPSA) is 38.3 Å². The molecular formula is C22H31NO2. The zero-order valence-electron chi connectivity index (χ0n) is 15.6. The summed E-state index contributed by atoms with van der Waals surface area (Å²) in [6.07, 6.45) is 5.67. The number of hydrogen-bond donors (Lipinski definition) is 1. The Labute approximate surface area is 151 Å². The number of benzene rings is 1. The van der Waals surface area contributed by atoms with Gasteiger partial charge in [0.25, 0.3) is 0 Å². The van der Waals surface area contributed by atoms with Gasteiger partial charge in [0.2, 0.25) is 0 Å². The predicted octanol–water partition coefficient (Wildman–Crippen LogP) is 4.17. The standard InChI is InChI=1S/C22H31NO2/c1-21(12-19(24)25-14-16-7-4-3-5-8-16)11-18-20(22(18,2)15-21)17-9-6-10-23-13-17/h3-5,7-8,17-18,20,23H,6,9-15H2,1-2H3. The molecule has 5 atom stereocenters. The molecule has 1 aliphatic heterocycles. The van der Waals surface area contributed by atoms with Crippen LogP contribution in [0.1, 0.15) is 51.5 Å². The first-order chi connectivity index (χ1) is 12.0. The number of fused-ring (bicyclic) bond motifs is 1. The van der Waals surface area contributed by atoms with E-state index in [1.807, 2.05) is 30.3 Å². The Hall–Kier alpha value is -1.35. The van der Waals surface area contributed by atoms with Crippen LogP contribution < -0.4 is 5.32 Å². The van der Waals surface area contributed by atoms with Crippen LogP contribution in [0, 0.1) is 28.6 Å². The highest BCUT2D eigenvalue weighted by Gasteiger charge is 2.70. The first kappa shape index (κ1) is 17.1. The molecule has 136 valence electrons. The third kappa shape index (κ3) is 3.36. The summed E-state index contributed by atoms with van der Waals surface area (Å²) in [7, 11) is 0. The highest BCUT2D eigenvalue weighted by atomic mass is 16.5. The molecule has 1 aromatic rings. The van der Waals surface area contributed by atoms with Crippen molar-refractivity contribution >= 4 is 5.97 Å². The third-order valence-electron chi connectivity index (χ3n) is 7.11. The third-order valence-corrected chi connectivity index (χ3v) is 7.11. The van der Waals surface area contributed by atoms with Gasteiger partial charge in [0.15, 0.2) is 0 Å². The van der Waals surface area contributed by atoms with Crippen LogP contribution in [0.3, 0.4) is 0 Å². The molecule has 2 saturated carbocycles. The number of ether oxygens (including phenoxy) is 1. The van der Waals surface area contributed by atoms with Crippen molar-refractivity contribution in [1.29, 1.82) is 0 Å². The summed E-state index contributed by atoms with van der Waals surface area (Å²) in [6, 6.07) is 9.95. The van der Waals surface area contributed by atoms with Gasteiger partial charge in [-0.15, -0.1) is 0 Å². The van der Waals surface area contributed by atoms with E-state index >= 15 is 0 Å². The fraction of sp³-hybridized carbons (Fsp3) is 0.682. The number of nitrogens with one attached hydrogen (secondary N) is 1. The van der Waals surface area contributed by atoms with Gasteiger partial charge in [-0.1, -0.05) is 44.2 Å². The minimum Gasteiger partial charge on any atom is -0.461 e. The van der Waals surface area contributed by atoms with Crippen molar-refractivity contribution in [2.45, 2.75) is 52.6 Å². The van der Waals surface area contributed by atoms with Gasteiger partial charge in [0.05, 0.1) is 6.42 Å². The number of rotatable bonds is 5. The lowest BCUT2D eigenvalue weighted by Gasteiger charge is -2.32. The summed E-state index contributed by atoms with van der Waals surface area (Å²) in [4.78, 5) is 12.4. The van der Waals surface area contributed by atoms with Crippen molar-refractivity contribution in [3.05, 3.63) is 35.9 Å². The number of esters is 1. The molecule has 3 heteroatoms. The molecule has 3 fully saturated rings. The van der Waals surface area contributed by atoms with Crippen LogP contribution >= 0.6 is 0 Å². The Morgan fingerprint density at radius 1 is 1.28 bits per heavy atom. The first-order valence-electron chi connectivity index (χ1n) is 9.90. The molecule has 3 aliphatic rings. The van der Waals surface area contributed by atoms with E-state index in [9.17, 15) is 4.79 Å². The largest absolute Gasteiger partial charge is 0.461 e.